The van der Waals surface area contributed by atoms with Crippen molar-refractivity contribution in [3.63, 3.8) is 0 Å². The van der Waals surface area contributed by atoms with E-state index < -0.39 is 0 Å². The van der Waals surface area contributed by atoms with Gasteiger partial charge in [-0.05, 0) is 41.5 Å². The van der Waals surface area contributed by atoms with Crippen molar-refractivity contribution >= 4 is 32.7 Å². The fourth-order valence-corrected chi connectivity index (χ4v) is 7.30. The molecule has 0 aliphatic rings. The molecule has 0 radical (unpaired) electrons. The second-order valence-electron chi connectivity index (χ2n) is 13.1. The number of aromatic nitrogens is 5. The first-order valence-corrected chi connectivity index (χ1v) is 17.7. The average molecular weight is 678 g/mol. The Kier molecular flexibility index (Phi) is 7.40. The van der Waals surface area contributed by atoms with E-state index in [0.29, 0.717) is 5.82 Å². The number of benzene rings is 7. The summed E-state index contributed by atoms with van der Waals surface area (Å²) in [6.07, 6.45) is 1.87. The van der Waals surface area contributed by atoms with Gasteiger partial charge in [-0.1, -0.05) is 152 Å². The Labute approximate surface area is 306 Å². The first-order valence-electron chi connectivity index (χ1n) is 17.7. The third kappa shape index (κ3) is 5.43. The minimum absolute atomic E-state index is 0.708. The standard InChI is InChI=1S/C48H31N5/c1-4-13-34(14-5-1)42-31-43(51-47(50-42)36-15-6-2-7-16-36)35-24-22-32(23-25-35)33-26-28-38(29-27-33)53-46-41-21-12-30-49-44(41)39-19-10-11-20-40(39)45(46)52-48(53)37-17-8-3-9-18-37/h1-31H. The van der Waals surface area contributed by atoms with Crippen LogP contribution >= 0.6 is 0 Å². The molecule has 5 nitrogen and oxygen atoms in total. The normalized spacial score (nSPS) is 11.4. The highest BCUT2D eigenvalue weighted by Gasteiger charge is 2.20. The van der Waals surface area contributed by atoms with Gasteiger partial charge in [-0.3, -0.25) is 9.55 Å². The molecule has 7 aromatic carbocycles. The summed E-state index contributed by atoms with van der Waals surface area (Å²) >= 11 is 0. The van der Waals surface area contributed by atoms with Crippen molar-refractivity contribution < 1.29 is 0 Å². The molecule has 3 heterocycles. The Morgan fingerprint density at radius 1 is 0.358 bits per heavy atom. The van der Waals surface area contributed by atoms with Gasteiger partial charge >= 0.3 is 0 Å². The van der Waals surface area contributed by atoms with Crippen molar-refractivity contribution in [2.24, 2.45) is 0 Å². The van der Waals surface area contributed by atoms with Gasteiger partial charge in [-0.2, -0.15) is 0 Å². The van der Waals surface area contributed by atoms with Gasteiger partial charge in [-0.15, -0.1) is 0 Å². The lowest BCUT2D eigenvalue weighted by atomic mass is 10.0. The van der Waals surface area contributed by atoms with Gasteiger partial charge in [-0.25, -0.2) is 15.0 Å². The molecule has 0 fully saturated rings. The van der Waals surface area contributed by atoms with Crippen LogP contribution in [0.15, 0.2) is 188 Å². The molecule has 248 valence electrons. The zero-order chi connectivity index (χ0) is 35.1. The predicted octanol–water partition coefficient (Wildman–Crippen LogP) is 11.9. The van der Waals surface area contributed by atoms with E-state index in [1.54, 1.807) is 0 Å². The third-order valence-electron chi connectivity index (χ3n) is 9.88. The van der Waals surface area contributed by atoms with Gasteiger partial charge in [0.15, 0.2) is 5.82 Å². The number of hydrogen-bond acceptors (Lipinski definition) is 4. The van der Waals surface area contributed by atoms with Gasteiger partial charge in [0.05, 0.1) is 27.9 Å². The van der Waals surface area contributed by atoms with Crippen molar-refractivity contribution in [3.8, 4) is 62.1 Å². The molecule has 0 N–H and O–H groups in total. The maximum Gasteiger partial charge on any atom is 0.160 e. The molecule has 3 aromatic heterocycles. The third-order valence-corrected chi connectivity index (χ3v) is 9.88. The van der Waals surface area contributed by atoms with Crippen molar-refractivity contribution in [1.29, 1.82) is 0 Å². The van der Waals surface area contributed by atoms with Gasteiger partial charge in [0.2, 0.25) is 0 Å². The Hall–Kier alpha value is -7.24. The van der Waals surface area contributed by atoms with E-state index in [9.17, 15) is 0 Å². The molecule has 0 amide bonds. The maximum atomic E-state index is 5.33. The highest BCUT2D eigenvalue weighted by molar-refractivity contribution is 6.23. The van der Waals surface area contributed by atoms with Crippen LogP contribution in [-0.4, -0.2) is 24.5 Å². The molecule has 0 saturated heterocycles. The number of rotatable bonds is 6. The summed E-state index contributed by atoms with van der Waals surface area (Å²) in [4.78, 5) is 20.1. The lowest BCUT2D eigenvalue weighted by Gasteiger charge is -2.13. The Morgan fingerprint density at radius 2 is 0.849 bits per heavy atom. The minimum Gasteiger partial charge on any atom is -0.292 e. The minimum atomic E-state index is 0.708. The maximum absolute atomic E-state index is 5.33. The number of fused-ring (bicyclic) bond motifs is 6. The van der Waals surface area contributed by atoms with Crippen LogP contribution in [0.4, 0.5) is 0 Å². The van der Waals surface area contributed by atoms with Crippen LogP contribution < -0.4 is 0 Å². The summed E-state index contributed by atoms with van der Waals surface area (Å²) in [7, 11) is 0. The van der Waals surface area contributed by atoms with Gasteiger partial charge < -0.3 is 0 Å². The highest BCUT2D eigenvalue weighted by Crippen LogP contribution is 2.39. The second-order valence-corrected chi connectivity index (χ2v) is 13.1. The molecule has 5 heteroatoms. The fraction of sp³-hybridized carbons (Fsp3) is 0. The van der Waals surface area contributed by atoms with E-state index in [1.165, 1.54) is 0 Å². The van der Waals surface area contributed by atoms with E-state index in [0.717, 1.165) is 89.0 Å². The van der Waals surface area contributed by atoms with Crippen LogP contribution in [0.25, 0.3) is 94.8 Å². The van der Waals surface area contributed by atoms with Gasteiger partial charge in [0.1, 0.15) is 5.82 Å². The molecule has 0 spiro atoms. The zero-order valence-electron chi connectivity index (χ0n) is 28.6. The molecule has 0 bridgehead atoms. The lowest BCUT2D eigenvalue weighted by Crippen LogP contribution is -1.98. The molecule has 0 unspecified atom stereocenters. The zero-order valence-corrected chi connectivity index (χ0v) is 28.6. The first kappa shape index (κ1) is 30.6. The fourth-order valence-electron chi connectivity index (χ4n) is 7.30. The predicted molar refractivity (Wildman–Crippen MR) is 217 cm³/mol. The van der Waals surface area contributed by atoms with Gasteiger partial charge in [0, 0.05) is 50.3 Å². The summed E-state index contributed by atoms with van der Waals surface area (Å²) in [5.74, 6) is 1.61. The first-order chi connectivity index (χ1) is 26.3. The topological polar surface area (TPSA) is 56.5 Å². The van der Waals surface area contributed by atoms with E-state index in [-0.39, 0.29) is 0 Å². The SMILES string of the molecule is c1ccc(-c2cc(-c3ccc(-c4ccc(-n5c(-c6ccccc6)nc6c7ccccc7c7ncccc7c65)cc4)cc3)nc(-c3ccccc3)n2)cc1. The van der Waals surface area contributed by atoms with Crippen molar-refractivity contribution in [1.82, 2.24) is 24.5 Å². The molecular weight excluding hydrogens is 647 g/mol. The van der Waals surface area contributed by atoms with Crippen molar-refractivity contribution in [2.75, 3.05) is 0 Å². The van der Waals surface area contributed by atoms with Crippen LogP contribution in [0.3, 0.4) is 0 Å². The Bertz CT molecular complexity index is 2840. The molecule has 10 aromatic rings. The second kappa shape index (κ2) is 12.8. The molecule has 0 aliphatic carbocycles. The van der Waals surface area contributed by atoms with Crippen LogP contribution in [-0.2, 0) is 0 Å². The average Bonchev–Trinajstić information content (AvgIpc) is 3.66. The van der Waals surface area contributed by atoms with E-state index in [2.05, 4.69) is 138 Å². The summed E-state index contributed by atoms with van der Waals surface area (Å²) in [6.45, 7) is 0. The van der Waals surface area contributed by atoms with Crippen LogP contribution in [0, 0.1) is 0 Å². The Balaban J connectivity index is 1.06. The number of imidazole rings is 1. The number of nitrogens with zero attached hydrogens (tertiary/aromatic N) is 5. The summed E-state index contributed by atoms with van der Waals surface area (Å²) in [5, 5.41) is 3.27. The lowest BCUT2D eigenvalue weighted by molar-refractivity contribution is 1.11. The van der Waals surface area contributed by atoms with E-state index in [4.69, 9.17) is 19.9 Å². The quantitative estimate of drug-likeness (QED) is 0.164. The van der Waals surface area contributed by atoms with Crippen molar-refractivity contribution in [3.05, 3.63) is 188 Å². The largest absolute Gasteiger partial charge is 0.292 e. The highest BCUT2D eigenvalue weighted by atomic mass is 15.1. The van der Waals surface area contributed by atoms with E-state index in [1.807, 2.05) is 54.7 Å². The molecule has 53 heavy (non-hydrogen) atoms. The smallest absolute Gasteiger partial charge is 0.160 e. The summed E-state index contributed by atoms with van der Waals surface area (Å²) < 4.78 is 2.29. The molecule has 0 atom stereocenters. The van der Waals surface area contributed by atoms with E-state index >= 15 is 0 Å². The molecule has 0 aliphatic heterocycles. The monoisotopic (exact) mass is 677 g/mol. The molecule has 0 saturated carbocycles. The van der Waals surface area contributed by atoms with Crippen molar-refractivity contribution in [2.45, 2.75) is 0 Å². The van der Waals surface area contributed by atoms with Crippen LogP contribution in [0.2, 0.25) is 0 Å². The molecular formula is C48H31N5. The summed E-state index contributed by atoms with van der Waals surface area (Å²) in [6, 6.07) is 62.9. The summed E-state index contributed by atoms with van der Waals surface area (Å²) in [5.41, 5.74) is 12.2. The van der Waals surface area contributed by atoms with Crippen LogP contribution in [0.1, 0.15) is 0 Å². The van der Waals surface area contributed by atoms with Gasteiger partial charge in [0.25, 0.3) is 0 Å². The Morgan fingerprint density at radius 3 is 1.49 bits per heavy atom. The number of hydrogen-bond donors (Lipinski definition) is 0. The van der Waals surface area contributed by atoms with Crippen LogP contribution in [0.5, 0.6) is 0 Å². The number of pyridine rings is 1. The molecule has 10 rings (SSSR count).